The van der Waals surface area contributed by atoms with Crippen LogP contribution in [0.15, 0.2) is 41.1 Å². The van der Waals surface area contributed by atoms with Crippen molar-refractivity contribution in [3.63, 3.8) is 0 Å². The van der Waals surface area contributed by atoms with Crippen LogP contribution in [0, 0.1) is 0 Å². The van der Waals surface area contributed by atoms with E-state index in [-0.39, 0.29) is 5.78 Å². The summed E-state index contributed by atoms with van der Waals surface area (Å²) >= 11 is 3.38. The molecule has 0 radical (unpaired) electrons. The third-order valence-corrected chi connectivity index (χ3v) is 3.83. The van der Waals surface area contributed by atoms with Crippen molar-refractivity contribution in [3.05, 3.63) is 57.8 Å². The predicted octanol–water partition coefficient (Wildman–Crippen LogP) is 3.94. The second-order valence-corrected chi connectivity index (χ2v) is 5.81. The molecule has 0 saturated heterocycles. The smallest absolute Gasteiger partial charge is 0.163 e. The zero-order chi connectivity index (χ0) is 13.9. The molecule has 1 aliphatic carbocycles. The van der Waals surface area contributed by atoms with E-state index in [0.717, 1.165) is 39.8 Å². The van der Waals surface area contributed by atoms with Crippen LogP contribution in [0.3, 0.4) is 0 Å². The highest BCUT2D eigenvalue weighted by Gasteiger charge is 2.17. The van der Waals surface area contributed by atoms with Crippen molar-refractivity contribution >= 4 is 21.7 Å². The Morgan fingerprint density at radius 2 is 2.10 bits per heavy atom. The maximum atomic E-state index is 11.9. The first-order chi connectivity index (χ1) is 9.72. The number of aryl methyl sites for hydroxylation is 1. The molecule has 1 aromatic carbocycles. The molecule has 1 heterocycles. The lowest BCUT2D eigenvalue weighted by Crippen LogP contribution is -2.10. The summed E-state index contributed by atoms with van der Waals surface area (Å²) in [7, 11) is 0. The summed E-state index contributed by atoms with van der Waals surface area (Å²) in [6.45, 7) is 0.444. The summed E-state index contributed by atoms with van der Waals surface area (Å²) in [5, 5.41) is 0. The number of nitrogens with zero attached hydrogens (tertiary/aromatic N) is 1. The average molecular weight is 332 g/mol. The topological polar surface area (TPSA) is 39.2 Å². The van der Waals surface area contributed by atoms with E-state index in [4.69, 9.17) is 4.74 Å². The highest BCUT2D eigenvalue weighted by molar-refractivity contribution is 9.10. The molecule has 0 unspecified atom stereocenters. The minimum atomic E-state index is 0.223. The fraction of sp³-hybridized carbons (Fsp3) is 0.250. The molecule has 0 atom stereocenters. The number of carbonyl (C=O) groups excluding carboxylic acids is 1. The quantitative estimate of drug-likeness (QED) is 0.855. The van der Waals surface area contributed by atoms with Gasteiger partial charge in [-0.1, -0.05) is 6.07 Å². The van der Waals surface area contributed by atoms with Gasteiger partial charge in [-0.3, -0.25) is 9.78 Å². The van der Waals surface area contributed by atoms with E-state index in [2.05, 4.69) is 20.9 Å². The number of carbonyl (C=O) groups is 1. The zero-order valence-corrected chi connectivity index (χ0v) is 12.5. The predicted molar refractivity (Wildman–Crippen MR) is 80.0 cm³/mol. The van der Waals surface area contributed by atoms with Crippen LogP contribution in [-0.4, -0.2) is 10.8 Å². The average Bonchev–Trinajstić information content (AvgIpc) is 2.46. The van der Waals surface area contributed by atoms with Crippen LogP contribution in [0.4, 0.5) is 0 Å². The standard InChI is InChI=1S/C16H14BrNO2/c17-13-6-11(8-18-9-13)10-20-14-5-4-12-2-1-3-16(19)15(12)7-14/h4-9H,1-3,10H2. The Labute approximate surface area is 126 Å². The lowest BCUT2D eigenvalue weighted by molar-refractivity contribution is 0.0972. The van der Waals surface area contributed by atoms with E-state index in [9.17, 15) is 4.79 Å². The minimum Gasteiger partial charge on any atom is -0.489 e. The van der Waals surface area contributed by atoms with Gasteiger partial charge in [0.25, 0.3) is 0 Å². The van der Waals surface area contributed by atoms with Crippen molar-refractivity contribution in [2.24, 2.45) is 0 Å². The van der Waals surface area contributed by atoms with Crippen LogP contribution < -0.4 is 4.74 Å². The molecule has 0 spiro atoms. The molecular weight excluding hydrogens is 318 g/mol. The van der Waals surface area contributed by atoms with Gasteiger partial charge in [0.15, 0.2) is 5.78 Å². The molecule has 1 aromatic heterocycles. The Balaban J connectivity index is 1.75. The second kappa shape index (κ2) is 5.75. The Kier molecular flexibility index (Phi) is 3.83. The second-order valence-electron chi connectivity index (χ2n) is 4.90. The number of aromatic nitrogens is 1. The molecule has 3 rings (SSSR count). The molecule has 2 aromatic rings. The number of hydrogen-bond acceptors (Lipinski definition) is 3. The van der Waals surface area contributed by atoms with E-state index >= 15 is 0 Å². The van der Waals surface area contributed by atoms with Gasteiger partial charge in [0.2, 0.25) is 0 Å². The molecule has 0 N–H and O–H groups in total. The molecule has 1 aliphatic rings. The van der Waals surface area contributed by atoms with Crippen molar-refractivity contribution < 1.29 is 9.53 Å². The number of benzene rings is 1. The molecule has 3 nitrogen and oxygen atoms in total. The lowest BCUT2D eigenvalue weighted by atomic mass is 9.90. The molecule has 0 saturated carbocycles. The van der Waals surface area contributed by atoms with Crippen molar-refractivity contribution in [3.8, 4) is 5.75 Å². The number of rotatable bonds is 3. The Bertz CT molecular complexity index is 655. The SMILES string of the molecule is O=C1CCCc2ccc(OCc3cncc(Br)c3)cc21. The van der Waals surface area contributed by atoms with Crippen LogP contribution in [0.25, 0.3) is 0 Å². The largest absolute Gasteiger partial charge is 0.489 e. The number of halogens is 1. The molecule has 102 valence electrons. The highest BCUT2D eigenvalue weighted by Crippen LogP contribution is 2.26. The summed E-state index contributed by atoms with van der Waals surface area (Å²) in [5.74, 6) is 0.958. The number of ether oxygens (including phenoxy) is 1. The lowest BCUT2D eigenvalue weighted by Gasteiger charge is -2.16. The minimum absolute atomic E-state index is 0.223. The van der Waals surface area contributed by atoms with Crippen LogP contribution in [0.2, 0.25) is 0 Å². The van der Waals surface area contributed by atoms with Crippen molar-refractivity contribution in [2.45, 2.75) is 25.9 Å². The van der Waals surface area contributed by atoms with Crippen LogP contribution in [-0.2, 0) is 13.0 Å². The maximum absolute atomic E-state index is 11.9. The number of hydrogen-bond donors (Lipinski definition) is 0. The number of Topliss-reactive ketones (excluding diaryl/α,β-unsaturated/α-hetero) is 1. The third-order valence-electron chi connectivity index (χ3n) is 3.40. The molecule has 20 heavy (non-hydrogen) atoms. The van der Waals surface area contributed by atoms with Crippen LogP contribution >= 0.6 is 15.9 Å². The van der Waals surface area contributed by atoms with E-state index in [1.54, 1.807) is 12.4 Å². The fourth-order valence-electron chi connectivity index (χ4n) is 2.40. The monoisotopic (exact) mass is 331 g/mol. The molecule has 0 amide bonds. The van der Waals surface area contributed by atoms with E-state index < -0.39 is 0 Å². The Morgan fingerprint density at radius 3 is 2.95 bits per heavy atom. The van der Waals surface area contributed by atoms with Gasteiger partial charge in [0.1, 0.15) is 12.4 Å². The van der Waals surface area contributed by atoms with Gasteiger partial charge in [-0.25, -0.2) is 0 Å². The molecular formula is C16H14BrNO2. The maximum Gasteiger partial charge on any atom is 0.163 e. The van der Waals surface area contributed by atoms with Crippen molar-refractivity contribution in [1.29, 1.82) is 0 Å². The molecule has 0 bridgehead atoms. The summed E-state index contributed by atoms with van der Waals surface area (Å²) in [6.07, 6.45) is 6.09. The summed E-state index contributed by atoms with van der Waals surface area (Å²) in [6, 6.07) is 7.77. The van der Waals surface area contributed by atoms with E-state index in [1.807, 2.05) is 24.3 Å². The van der Waals surface area contributed by atoms with Gasteiger partial charge in [0.05, 0.1) is 0 Å². The number of pyridine rings is 1. The normalized spacial score (nSPS) is 13.9. The van der Waals surface area contributed by atoms with Crippen LogP contribution in [0.1, 0.15) is 34.3 Å². The Morgan fingerprint density at radius 1 is 1.20 bits per heavy atom. The van der Waals surface area contributed by atoms with Gasteiger partial charge in [-0.2, -0.15) is 0 Å². The van der Waals surface area contributed by atoms with Gasteiger partial charge in [-0.15, -0.1) is 0 Å². The number of ketones is 1. The molecule has 0 aliphatic heterocycles. The summed E-state index contributed by atoms with van der Waals surface area (Å²) in [4.78, 5) is 16.0. The highest BCUT2D eigenvalue weighted by atomic mass is 79.9. The zero-order valence-electron chi connectivity index (χ0n) is 10.9. The molecule has 4 heteroatoms. The molecule has 0 fully saturated rings. The fourth-order valence-corrected chi connectivity index (χ4v) is 2.81. The first-order valence-corrected chi connectivity index (χ1v) is 7.40. The Hall–Kier alpha value is -1.68. The van der Waals surface area contributed by atoms with Crippen molar-refractivity contribution in [2.75, 3.05) is 0 Å². The first kappa shape index (κ1) is 13.3. The van der Waals surface area contributed by atoms with Gasteiger partial charge >= 0.3 is 0 Å². The van der Waals surface area contributed by atoms with Gasteiger partial charge in [-0.05, 0) is 52.5 Å². The van der Waals surface area contributed by atoms with Crippen molar-refractivity contribution in [1.82, 2.24) is 4.98 Å². The summed E-state index contributed by atoms with van der Waals surface area (Å²) in [5.41, 5.74) is 2.95. The van der Waals surface area contributed by atoms with E-state index in [1.165, 1.54) is 0 Å². The first-order valence-electron chi connectivity index (χ1n) is 6.61. The van der Waals surface area contributed by atoms with Gasteiger partial charge in [0, 0.05) is 34.4 Å². The number of fused-ring (bicyclic) bond motifs is 1. The van der Waals surface area contributed by atoms with Crippen LogP contribution in [0.5, 0.6) is 5.75 Å². The van der Waals surface area contributed by atoms with Gasteiger partial charge < -0.3 is 4.74 Å². The third kappa shape index (κ3) is 2.90. The van der Waals surface area contributed by atoms with E-state index in [0.29, 0.717) is 13.0 Å². The summed E-state index contributed by atoms with van der Waals surface area (Å²) < 4.78 is 6.68.